The Bertz CT molecular complexity index is 1020. The molecule has 8 heteroatoms. The summed E-state index contributed by atoms with van der Waals surface area (Å²) in [5.74, 6) is 0.521. The molecule has 0 bridgehead atoms. The Labute approximate surface area is 172 Å². The number of hydrogen-bond donors (Lipinski definition) is 1. The fraction of sp³-hybridized carbons (Fsp3) is 0.0909. The number of carbonyl (C=O) groups is 1. The highest BCUT2D eigenvalue weighted by molar-refractivity contribution is 5.85. The molecule has 30 heavy (non-hydrogen) atoms. The fourth-order valence-electron chi connectivity index (χ4n) is 2.47. The minimum absolute atomic E-state index is 0.0513. The number of rotatable bonds is 9. The summed E-state index contributed by atoms with van der Waals surface area (Å²) in [4.78, 5) is 22.0. The van der Waals surface area contributed by atoms with Crippen molar-refractivity contribution in [2.45, 2.75) is 6.61 Å². The lowest BCUT2D eigenvalue weighted by Crippen LogP contribution is -2.24. The van der Waals surface area contributed by atoms with Crippen molar-refractivity contribution in [3.8, 4) is 11.5 Å². The van der Waals surface area contributed by atoms with Crippen molar-refractivity contribution in [3.05, 3.63) is 100 Å². The van der Waals surface area contributed by atoms with Gasteiger partial charge in [-0.15, -0.1) is 0 Å². The Morgan fingerprint density at radius 2 is 1.67 bits per heavy atom. The Morgan fingerprint density at radius 3 is 2.40 bits per heavy atom. The second-order valence-electron chi connectivity index (χ2n) is 6.14. The molecule has 0 saturated heterocycles. The van der Waals surface area contributed by atoms with Gasteiger partial charge in [0.05, 0.1) is 11.1 Å². The van der Waals surface area contributed by atoms with E-state index < -0.39 is 10.8 Å². The van der Waals surface area contributed by atoms with Crippen LogP contribution in [0, 0.1) is 10.1 Å². The molecule has 152 valence electrons. The SMILES string of the molecule is O=C(COc1ccc([N+](=O)[O-])cc1)NN=Cc1ccccc1OCc1ccccc1. The molecule has 1 N–H and O–H groups in total. The number of amides is 1. The smallest absolute Gasteiger partial charge is 0.277 e. The lowest BCUT2D eigenvalue weighted by Gasteiger charge is -2.09. The van der Waals surface area contributed by atoms with Crippen LogP contribution < -0.4 is 14.9 Å². The predicted octanol–water partition coefficient (Wildman–Crippen LogP) is 3.70. The number of nitrogens with zero attached hydrogens (tertiary/aromatic N) is 2. The maximum Gasteiger partial charge on any atom is 0.277 e. The molecule has 0 aromatic heterocycles. The molecule has 0 aliphatic heterocycles. The van der Waals surface area contributed by atoms with E-state index in [0.29, 0.717) is 23.7 Å². The average molecular weight is 405 g/mol. The quantitative estimate of drug-likeness (QED) is 0.332. The zero-order valence-corrected chi connectivity index (χ0v) is 15.9. The first-order valence-electron chi connectivity index (χ1n) is 9.07. The molecular weight excluding hydrogens is 386 g/mol. The highest BCUT2D eigenvalue weighted by Gasteiger charge is 2.06. The van der Waals surface area contributed by atoms with Crippen molar-refractivity contribution >= 4 is 17.8 Å². The van der Waals surface area contributed by atoms with E-state index >= 15 is 0 Å². The van der Waals surface area contributed by atoms with Crippen molar-refractivity contribution in [3.63, 3.8) is 0 Å². The molecule has 0 heterocycles. The fourth-order valence-corrected chi connectivity index (χ4v) is 2.47. The van der Waals surface area contributed by atoms with Gasteiger partial charge in [-0.3, -0.25) is 14.9 Å². The molecule has 0 atom stereocenters. The Balaban J connectivity index is 1.49. The van der Waals surface area contributed by atoms with Gasteiger partial charge in [0.25, 0.3) is 11.6 Å². The normalized spacial score (nSPS) is 10.5. The summed E-state index contributed by atoms with van der Waals surface area (Å²) in [6.07, 6.45) is 1.49. The molecule has 3 rings (SSSR count). The van der Waals surface area contributed by atoms with Crippen LogP contribution in [0.4, 0.5) is 5.69 Å². The van der Waals surface area contributed by atoms with Gasteiger partial charge in [-0.2, -0.15) is 5.10 Å². The highest BCUT2D eigenvalue weighted by Crippen LogP contribution is 2.18. The number of hydrogen-bond acceptors (Lipinski definition) is 6. The monoisotopic (exact) mass is 405 g/mol. The second-order valence-corrected chi connectivity index (χ2v) is 6.14. The lowest BCUT2D eigenvalue weighted by atomic mass is 10.2. The molecule has 0 saturated carbocycles. The minimum Gasteiger partial charge on any atom is -0.488 e. The average Bonchev–Trinajstić information content (AvgIpc) is 2.78. The highest BCUT2D eigenvalue weighted by atomic mass is 16.6. The van der Waals surface area contributed by atoms with Gasteiger partial charge in [0.15, 0.2) is 6.61 Å². The van der Waals surface area contributed by atoms with E-state index in [1.54, 1.807) is 0 Å². The van der Waals surface area contributed by atoms with E-state index in [1.807, 2.05) is 54.6 Å². The second kappa shape index (κ2) is 10.4. The lowest BCUT2D eigenvalue weighted by molar-refractivity contribution is -0.384. The summed E-state index contributed by atoms with van der Waals surface area (Å²) >= 11 is 0. The minimum atomic E-state index is -0.507. The number of carbonyl (C=O) groups excluding carboxylic acids is 1. The Kier molecular flexibility index (Phi) is 7.10. The first-order valence-corrected chi connectivity index (χ1v) is 9.07. The van der Waals surface area contributed by atoms with Crippen molar-refractivity contribution in [2.24, 2.45) is 5.10 Å². The van der Waals surface area contributed by atoms with Crippen LogP contribution in [0.2, 0.25) is 0 Å². The number of nitrogens with one attached hydrogen (secondary N) is 1. The molecule has 0 aliphatic rings. The van der Waals surface area contributed by atoms with Crippen molar-refractivity contribution in [2.75, 3.05) is 6.61 Å². The number of benzene rings is 3. The van der Waals surface area contributed by atoms with Crippen molar-refractivity contribution in [1.29, 1.82) is 0 Å². The molecule has 0 spiro atoms. The Morgan fingerprint density at radius 1 is 0.967 bits per heavy atom. The number of para-hydroxylation sites is 1. The van der Waals surface area contributed by atoms with E-state index in [2.05, 4.69) is 10.5 Å². The van der Waals surface area contributed by atoms with Crippen LogP contribution in [0.1, 0.15) is 11.1 Å². The summed E-state index contributed by atoms with van der Waals surface area (Å²) in [5.41, 5.74) is 4.08. The summed E-state index contributed by atoms with van der Waals surface area (Å²) in [5, 5.41) is 14.6. The molecule has 0 aliphatic carbocycles. The first-order chi connectivity index (χ1) is 14.6. The molecule has 3 aromatic carbocycles. The molecule has 1 amide bonds. The zero-order chi connectivity index (χ0) is 21.2. The molecule has 0 radical (unpaired) electrons. The molecule has 0 fully saturated rings. The maximum absolute atomic E-state index is 11.9. The summed E-state index contributed by atoms with van der Waals surface area (Å²) in [6, 6.07) is 22.6. The number of hydrazone groups is 1. The molecular formula is C22H19N3O5. The van der Waals surface area contributed by atoms with Crippen LogP contribution in [0.25, 0.3) is 0 Å². The topological polar surface area (TPSA) is 103 Å². The van der Waals surface area contributed by atoms with Gasteiger partial charge in [-0.25, -0.2) is 5.43 Å². The van der Waals surface area contributed by atoms with Crippen LogP contribution in [0.15, 0.2) is 84.0 Å². The number of ether oxygens (including phenoxy) is 2. The third kappa shape index (κ3) is 6.16. The van der Waals surface area contributed by atoms with E-state index in [1.165, 1.54) is 30.5 Å². The van der Waals surface area contributed by atoms with Crippen molar-refractivity contribution < 1.29 is 19.2 Å². The number of nitro benzene ring substituents is 1. The van der Waals surface area contributed by atoms with E-state index in [-0.39, 0.29) is 12.3 Å². The van der Waals surface area contributed by atoms with Gasteiger partial charge in [-0.05, 0) is 29.8 Å². The van der Waals surface area contributed by atoms with Crippen LogP contribution in [-0.2, 0) is 11.4 Å². The zero-order valence-electron chi connectivity index (χ0n) is 15.9. The van der Waals surface area contributed by atoms with Gasteiger partial charge >= 0.3 is 0 Å². The third-order valence-electron chi connectivity index (χ3n) is 3.97. The van der Waals surface area contributed by atoms with E-state index in [4.69, 9.17) is 9.47 Å². The number of non-ortho nitro benzene ring substituents is 1. The van der Waals surface area contributed by atoms with Crippen LogP contribution in [0.5, 0.6) is 11.5 Å². The van der Waals surface area contributed by atoms with Gasteiger partial charge in [0.1, 0.15) is 18.1 Å². The summed E-state index contributed by atoms with van der Waals surface area (Å²) in [6.45, 7) is 0.141. The third-order valence-corrected chi connectivity index (χ3v) is 3.97. The molecule has 0 unspecified atom stereocenters. The van der Waals surface area contributed by atoms with Crippen LogP contribution >= 0.6 is 0 Å². The predicted molar refractivity (Wildman–Crippen MR) is 112 cm³/mol. The first kappa shape index (κ1) is 20.5. The van der Waals surface area contributed by atoms with Gasteiger partial charge < -0.3 is 9.47 Å². The molecule has 3 aromatic rings. The maximum atomic E-state index is 11.9. The van der Waals surface area contributed by atoms with Gasteiger partial charge in [0, 0.05) is 17.7 Å². The van der Waals surface area contributed by atoms with Gasteiger partial charge in [-0.1, -0.05) is 42.5 Å². The van der Waals surface area contributed by atoms with E-state index in [0.717, 1.165) is 5.56 Å². The van der Waals surface area contributed by atoms with E-state index in [9.17, 15) is 14.9 Å². The largest absolute Gasteiger partial charge is 0.488 e. The van der Waals surface area contributed by atoms with Gasteiger partial charge in [0.2, 0.25) is 0 Å². The summed E-state index contributed by atoms with van der Waals surface area (Å²) in [7, 11) is 0. The molecule has 8 nitrogen and oxygen atoms in total. The van der Waals surface area contributed by atoms with Crippen LogP contribution in [-0.4, -0.2) is 23.7 Å². The summed E-state index contributed by atoms with van der Waals surface area (Å²) < 4.78 is 11.1. The van der Waals surface area contributed by atoms with Crippen LogP contribution in [0.3, 0.4) is 0 Å². The number of nitro groups is 1. The Hall–Kier alpha value is -4.20. The standard InChI is InChI=1S/C22H19N3O5/c26-22(16-29-20-12-10-19(11-13-20)25(27)28)24-23-14-18-8-4-5-9-21(18)30-15-17-6-2-1-3-7-17/h1-14H,15-16H2,(H,24,26). The van der Waals surface area contributed by atoms with Crippen molar-refractivity contribution in [1.82, 2.24) is 5.43 Å².